The maximum atomic E-state index is 12.1. The van der Waals surface area contributed by atoms with Crippen LogP contribution in [0.3, 0.4) is 0 Å². The van der Waals surface area contributed by atoms with Crippen LogP contribution in [-0.2, 0) is 14.3 Å². The summed E-state index contributed by atoms with van der Waals surface area (Å²) in [5.41, 5.74) is 0.573. The Morgan fingerprint density at radius 3 is 2.59 bits per heavy atom. The Morgan fingerprint density at radius 2 is 1.95 bits per heavy atom. The Labute approximate surface area is 137 Å². The van der Waals surface area contributed by atoms with E-state index in [0.717, 1.165) is 0 Å². The summed E-state index contributed by atoms with van der Waals surface area (Å²) in [6.45, 7) is 1.85. The molecule has 22 heavy (non-hydrogen) atoms. The highest BCUT2D eigenvalue weighted by Crippen LogP contribution is 2.40. The average Bonchev–Trinajstić information content (AvgIpc) is 2.49. The van der Waals surface area contributed by atoms with E-state index in [1.807, 2.05) is 0 Å². The highest BCUT2D eigenvalue weighted by Gasteiger charge is 2.34. The van der Waals surface area contributed by atoms with Crippen LogP contribution in [0, 0.1) is 0 Å². The van der Waals surface area contributed by atoms with Crippen LogP contribution in [0.2, 0.25) is 10.0 Å². The summed E-state index contributed by atoms with van der Waals surface area (Å²) in [6, 6.07) is 4.87. The van der Waals surface area contributed by atoms with Gasteiger partial charge in [0.05, 0.1) is 33.7 Å². The molecule has 7 heteroatoms. The summed E-state index contributed by atoms with van der Waals surface area (Å²) >= 11 is 12.2. The van der Waals surface area contributed by atoms with Crippen molar-refractivity contribution in [1.82, 2.24) is 5.32 Å². The minimum Gasteiger partial charge on any atom is -0.478 e. The number of aliphatic carboxylic acids is 1. The van der Waals surface area contributed by atoms with Crippen molar-refractivity contribution in [1.29, 1.82) is 0 Å². The van der Waals surface area contributed by atoms with Gasteiger partial charge < -0.3 is 15.2 Å². The van der Waals surface area contributed by atoms with E-state index in [-0.39, 0.29) is 27.8 Å². The molecule has 0 aliphatic carbocycles. The predicted octanol–water partition coefficient (Wildman–Crippen LogP) is 3.10. The average molecular weight is 342 g/mol. The first-order chi connectivity index (χ1) is 10.5. The fourth-order valence-electron chi connectivity index (χ4n) is 2.21. The number of carbonyl (C=O) groups excluding carboxylic acids is 1. The maximum absolute atomic E-state index is 12.1. The molecule has 1 aliphatic rings. The molecule has 1 unspecified atom stereocenters. The molecule has 0 fully saturated rings. The smallest absolute Gasteiger partial charge is 0.336 e. The molecule has 1 aromatic carbocycles. The van der Waals surface area contributed by atoms with E-state index in [2.05, 4.69) is 5.32 Å². The molecule has 0 spiro atoms. The molecular weight excluding hydrogens is 329 g/mol. The SMILES string of the molecule is CCOC(=O)C1=CNC=C(C(=O)O)C1c1cccc(Cl)c1Cl. The third-order valence-corrected chi connectivity index (χ3v) is 3.98. The zero-order valence-corrected chi connectivity index (χ0v) is 13.1. The van der Waals surface area contributed by atoms with E-state index < -0.39 is 17.9 Å². The number of dihydropyridines is 1. The third-order valence-electron chi connectivity index (χ3n) is 3.15. The number of halogens is 2. The lowest BCUT2D eigenvalue weighted by Gasteiger charge is -2.25. The summed E-state index contributed by atoms with van der Waals surface area (Å²) in [5, 5.41) is 12.5. The van der Waals surface area contributed by atoms with Gasteiger partial charge in [-0.3, -0.25) is 0 Å². The van der Waals surface area contributed by atoms with Gasteiger partial charge in [-0.2, -0.15) is 0 Å². The van der Waals surface area contributed by atoms with Gasteiger partial charge in [0.2, 0.25) is 0 Å². The van der Waals surface area contributed by atoms with Gasteiger partial charge in [0, 0.05) is 12.4 Å². The molecular formula is C15H13Cl2NO4. The monoisotopic (exact) mass is 341 g/mol. The van der Waals surface area contributed by atoms with E-state index >= 15 is 0 Å². The summed E-state index contributed by atoms with van der Waals surface area (Å²) < 4.78 is 4.99. The fourth-order valence-corrected chi connectivity index (χ4v) is 2.63. The zero-order valence-electron chi connectivity index (χ0n) is 11.6. The van der Waals surface area contributed by atoms with Gasteiger partial charge >= 0.3 is 11.9 Å². The molecule has 1 atom stereocenters. The molecule has 0 radical (unpaired) electrons. The maximum Gasteiger partial charge on any atom is 0.336 e. The second-order valence-corrected chi connectivity index (χ2v) is 5.25. The number of hydrogen-bond donors (Lipinski definition) is 2. The number of nitrogens with one attached hydrogen (secondary N) is 1. The molecule has 1 aromatic rings. The van der Waals surface area contributed by atoms with Crippen molar-refractivity contribution in [3.63, 3.8) is 0 Å². The first-order valence-corrected chi connectivity index (χ1v) is 7.23. The number of carbonyl (C=O) groups is 2. The standard InChI is InChI=1S/C15H13Cl2NO4/c1-2-22-15(21)10-7-18-6-9(14(19)20)12(10)8-4-3-5-11(16)13(8)17/h3-7,12,18H,2H2,1H3,(H,19,20). The molecule has 0 saturated carbocycles. The van der Waals surface area contributed by atoms with Crippen molar-refractivity contribution in [3.8, 4) is 0 Å². The molecule has 116 valence electrons. The van der Waals surface area contributed by atoms with Crippen LogP contribution in [-0.4, -0.2) is 23.7 Å². The quantitative estimate of drug-likeness (QED) is 0.823. The summed E-state index contributed by atoms with van der Waals surface area (Å²) in [4.78, 5) is 23.6. The number of rotatable bonds is 4. The van der Waals surface area contributed by atoms with Crippen molar-refractivity contribution in [3.05, 3.63) is 57.4 Å². The topological polar surface area (TPSA) is 75.6 Å². The summed E-state index contributed by atoms with van der Waals surface area (Å²) in [6.07, 6.45) is 2.72. The van der Waals surface area contributed by atoms with E-state index in [9.17, 15) is 14.7 Å². The van der Waals surface area contributed by atoms with Gasteiger partial charge in [-0.25, -0.2) is 9.59 Å². The van der Waals surface area contributed by atoms with Crippen LogP contribution >= 0.6 is 23.2 Å². The molecule has 0 aromatic heterocycles. The minimum absolute atomic E-state index is 0.0188. The highest BCUT2D eigenvalue weighted by molar-refractivity contribution is 6.42. The van der Waals surface area contributed by atoms with Crippen LogP contribution in [0.4, 0.5) is 0 Å². The van der Waals surface area contributed by atoms with Gasteiger partial charge in [0.25, 0.3) is 0 Å². The van der Waals surface area contributed by atoms with Crippen LogP contribution in [0.15, 0.2) is 41.7 Å². The summed E-state index contributed by atoms with van der Waals surface area (Å²) in [7, 11) is 0. The Kier molecular flexibility index (Phi) is 5.11. The normalized spacial score (nSPS) is 17.1. The second kappa shape index (κ2) is 6.85. The predicted molar refractivity (Wildman–Crippen MR) is 82.8 cm³/mol. The van der Waals surface area contributed by atoms with Crippen molar-refractivity contribution < 1.29 is 19.4 Å². The van der Waals surface area contributed by atoms with Gasteiger partial charge in [0.15, 0.2) is 0 Å². The molecule has 1 aliphatic heterocycles. The van der Waals surface area contributed by atoms with Crippen LogP contribution in [0.1, 0.15) is 18.4 Å². The second-order valence-electron chi connectivity index (χ2n) is 4.47. The number of carboxylic acids is 1. The number of benzene rings is 1. The first-order valence-electron chi connectivity index (χ1n) is 6.47. The van der Waals surface area contributed by atoms with Gasteiger partial charge in [-0.1, -0.05) is 35.3 Å². The van der Waals surface area contributed by atoms with E-state index in [0.29, 0.717) is 5.56 Å². The van der Waals surface area contributed by atoms with Crippen molar-refractivity contribution in [2.75, 3.05) is 6.61 Å². The highest BCUT2D eigenvalue weighted by atomic mass is 35.5. The van der Waals surface area contributed by atoms with Crippen LogP contribution in [0.5, 0.6) is 0 Å². The van der Waals surface area contributed by atoms with Gasteiger partial charge in [-0.15, -0.1) is 0 Å². The van der Waals surface area contributed by atoms with Crippen molar-refractivity contribution >= 4 is 35.1 Å². The molecule has 5 nitrogen and oxygen atoms in total. The Balaban J connectivity index is 2.56. The number of esters is 1. The Bertz CT molecular complexity index is 682. The van der Waals surface area contributed by atoms with Gasteiger partial charge in [0.1, 0.15) is 0 Å². The lowest BCUT2D eigenvalue weighted by atomic mass is 9.83. The third kappa shape index (κ3) is 3.10. The molecule has 1 heterocycles. The Hall–Kier alpha value is -1.98. The lowest BCUT2D eigenvalue weighted by Crippen LogP contribution is -2.26. The zero-order chi connectivity index (χ0) is 16.3. The molecule has 0 saturated heterocycles. The Morgan fingerprint density at radius 1 is 1.27 bits per heavy atom. The van der Waals surface area contributed by atoms with Crippen molar-refractivity contribution in [2.24, 2.45) is 0 Å². The summed E-state index contributed by atoms with van der Waals surface area (Å²) in [5.74, 6) is -2.63. The molecule has 0 bridgehead atoms. The van der Waals surface area contributed by atoms with Crippen LogP contribution < -0.4 is 5.32 Å². The van der Waals surface area contributed by atoms with Gasteiger partial charge in [-0.05, 0) is 18.6 Å². The minimum atomic E-state index is -1.16. The molecule has 0 amide bonds. The number of carboxylic acid groups (broad SMARTS) is 1. The number of hydrogen-bond acceptors (Lipinski definition) is 4. The fraction of sp³-hybridized carbons (Fsp3) is 0.200. The largest absolute Gasteiger partial charge is 0.478 e. The van der Waals surface area contributed by atoms with E-state index in [4.69, 9.17) is 27.9 Å². The molecule has 2 rings (SSSR count). The van der Waals surface area contributed by atoms with E-state index in [1.54, 1.807) is 25.1 Å². The first kappa shape index (κ1) is 16.4. The molecule has 2 N–H and O–H groups in total. The number of ether oxygens (including phenoxy) is 1. The van der Waals surface area contributed by atoms with Crippen LogP contribution in [0.25, 0.3) is 0 Å². The van der Waals surface area contributed by atoms with Crippen molar-refractivity contribution in [2.45, 2.75) is 12.8 Å². The lowest BCUT2D eigenvalue weighted by molar-refractivity contribution is -0.138. The van der Waals surface area contributed by atoms with E-state index in [1.165, 1.54) is 12.4 Å².